The Bertz CT molecular complexity index is 684. The van der Waals surface area contributed by atoms with Crippen LogP contribution in [0, 0.1) is 0 Å². The minimum Gasteiger partial charge on any atom is -0.326 e. The maximum atomic E-state index is 11.4. The number of halogens is 1. The molecule has 0 saturated carbocycles. The molecule has 21 heavy (non-hydrogen) atoms. The smallest absolute Gasteiger partial charge is 0.228 e. The Labute approximate surface area is 129 Å². The van der Waals surface area contributed by atoms with Crippen molar-refractivity contribution in [1.29, 1.82) is 0 Å². The summed E-state index contributed by atoms with van der Waals surface area (Å²) in [5.41, 5.74) is 4.29. The summed E-state index contributed by atoms with van der Waals surface area (Å²) in [6.45, 7) is 0. The van der Waals surface area contributed by atoms with Gasteiger partial charge in [-0.05, 0) is 42.3 Å². The number of likely N-dealkylation sites (N-methyl/N-ethyl adjacent to an activating group) is 1. The molecular formula is C17H17ClN2O. The van der Waals surface area contributed by atoms with Crippen LogP contribution in [0.4, 0.5) is 5.69 Å². The highest BCUT2D eigenvalue weighted by Crippen LogP contribution is 2.29. The van der Waals surface area contributed by atoms with Gasteiger partial charge in [-0.3, -0.25) is 4.79 Å². The van der Waals surface area contributed by atoms with Crippen LogP contribution in [0.5, 0.6) is 0 Å². The second-order valence-corrected chi connectivity index (χ2v) is 5.69. The molecule has 0 aliphatic carbocycles. The van der Waals surface area contributed by atoms with Crippen molar-refractivity contribution in [1.82, 2.24) is 5.32 Å². The molecule has 1 atom stereocenters. The van der Waals surface area contributed by atoms with Crippen LogP contribution < -0.4 is 10.6 Å². The molecule has 0 spiro atoms. The number of nitrogens with one attached hydrogen (secondary N) is 2. The molecule has 1 aliphatic heterocycles. The Morgan fingerprint density at radius 2 is 2.10 bits per heavy atom. The molecule has 1 amide bonds. The third kappa shape index (κ3) is 2.94. The average Bonchev–Trinajstić information content (AvgIpc) is 2.85. The lowest BCUT2D eigenvalue weighted by Crippen LogP contribution is -2.19. The van der Waals surface area contributed by atoms with Crippen molar-refractivity contribution in [2.75, 3.05) is 12.4 Å². The molecule has 108 valence electrons. The maximum Gasteiger partial charge on any atom is 0.228 e. The third-order valence-corrected chi connectivity index (χ3v) is 4.26. The predicted molar refractivity (Wildman–Crippen MR) is 85.7 cm³/mol. The summed E-state index contributed by atoms with van der Waals surface area (Å²) in [5.74, 6) is 0.0641. The van der Waals surface area contributed by atoms with Gasteiger partial charge < -0.3 is 10.6 Å². The van der Waals surface area contributed by atoms with Gasteiger partial charge in [-0.15, -0.1) is 0 Å². The average molecular weight is 301 g/mol. The first-order valence-corrected chi connectivity index (χ1v) is 7.38. The van der Waals surface area contributed by atoms with E-state index in [1.54, 1.807) is 0 Å². The molecule has 2 aromatic rings. The van der Waals surface area contributed by atoms with E-state index in [9.17, 15) is 4.79 Å². The molecule has 1 unspecified atom stereocenters. The zero-order valence-electron chi connectivity index (χ0n) is 11.8. The van der Waals surface area contributed by atoms with Crippen molar-refractivity contribution < 1.29 is 4.79 Å². The highest BCUT2D eigenvalue weighted by molar-refractivity contribution is 6.31. The third-order valence-electron chi connectivity index (χ3n) is 3.89. The summed E-state index contributed by atoms with van der Waals surface area (Å²) in [7, 11) is 1.94. The van der Waals surface area contributed by atoms with Gasteiger partial charge in [0.25, 0.3) is 0 Å². The molecule has 4 heteroatoms. The Morgan fingerprint density at radius 3 is 2.86 bits per heavy atom. The number of fused-ring (bicyclic) bond motifs is 1. The highest BCUT2D eigenvalue weighted by atomic mass is 35.5. The van der Waals surface area contributed by atoms with Crippen LogP contribution in [0.3, 0.4) is 0 Å². The van der Waals surface area contributed by atoms with E-state index in [2.05, 4.69) is 22.8 Å². The van der Waals surface area contributed by atoms with E-state index in [-0.39, 0.29) is 11.9 Å². The summed E-state index contributed by atoms with van der Waals surface area (Å²) >= 11 is 6.24. The largest absolute Gasteiger partial charge is 0.326 e. The van der Waals surface area contributed by atoms with Gasteiger partial charge in [0, 0.05) is 16.8 Å². The summed E-state index contributed by atoms with van der Waals surface area (Å²) in [6.07, 6.45) is 1.28. The van der Waals surface area contributed by atoms with E-state index in [0.717, 1.165) is 28.3 Å². The first kappa shape index (κ1) is 14.1. The molecule has 0 fully saturated rings. The van der Waals surface area contributed by atoms with Gasteiger partial charge >= 0.3 is 0 Å². The topological polar surface area (TPSA) is 41.1 Å². The second-order valence-electron chi connectivity index (χ2n) is 5.28. The number of amides is 1. The van der Waals surface area contributed by atoms with Crippen LogP contribution >= 0.6 is 11.6 Å². The van der Waals surface area contributed by atoms with Crippen LogP contribution in [0.15, 0.2) is 42.5 Å². The quantitative estimate of drug-likeness (QED) is 0.909. The molecule has 2 aromatic carbocycles. The standard InChI is InChI=1S/C17H17ClN2O/c1-19-16(9-11-4-2-3-5-14(11)18)12-6-7-15-13(8-12)10-17(21)20-15/h2-8,16,19H,9-10H2,1H3,(H,20,21). The van der Waals surface area contributed by atoms with Crippen molar-refractivity contribution in [3.05, 3.63) is 64.2 Å². The van der Waals surface area contributed by atoms with Crippen LogP contribution in [0.25, 0.3) is 0 Å². The Hall–Kier alpha value is -1.84. The van der Waals surface area contributed by atoms with Gasteiger partial charge in [-0.1, -0.05) is 41.9 Å². The van der Waals surface area contributed by atoms with E-state index in [1.165, 1.54) is 5.56 Å². The van der Waals surface area contributed by atoms with Crippen LogP contribution in [0.1, 0.15) is 22.7 Å². The van der Waals surface area contributed by atoms with Crippen molar-refractivity contribution in [3.8, 4) is 0 Å². The maximum absolute atomic E-state index is 11.4. The lowest BCUT2D eigenvalue weighted by atomic mass is 9.96. The molecule has 0 radical (unpaired) electrons. The van der Waals surface area contributed by atoms with Gasteiger partial charge in [0.2, 0.25) is 5.91 Å². The Balaban J connectivity index is 1.86. The number of benzene rings is 2. The molecule has 1 aliphatic rings. The van der Waals surface area contributed by atoms with Crippen molar-refractivity contribution in [3.63, 3.8) is 0 Å². The monoisotopic (exact) mass is 300 g/mol. The molecule has 2 N–H and O–H groups in total. The van der Waals surface area contributed by atoms with E-state index < -0.39 is 0 Å². The number of carbonyl (C=O) groups excluding carboxylic acids is 1. The first-order valence-electron chi connectivity index (χ1n) is 7.00. The molecular weight excluding hydrogens is 284 g/mol. The van der Waals surface area contributed by atoms with Crippen LogP contribution in [-0.4, -0.2) is 13.0 Å². The van der Waals surface area contributed by atoms with Gasteiger partial charge in [-0.25, -0.2) is 0 Å². The van der Waals surface area contributed by atoms with E-state index in [4.69, 9.17) is 11.6 Å². The van der Waals surface area contributed by atoms with Crippen molar-refractivity contribution in [2.45, 2.75) is 18.9 Å². The fourth-order valence-electron chi connectivity index (χ4n) is 2.74. The summed E-state index contributed by atoms with van der Waals surface area (Å²) in [6, 6.07) is 14.2. The van der Waals surface area contributed by atoms with E-state index >= 15 is 0 Å². The molecule has 1 heterocycles. The minimum atomic E-state index is 0.0641. The fraction of sp³-hybridized carbons (Fsp3) is 0.235. The zero-order valence-corrected chi connectivity index (χ0v) is 12.6. The van der Waals surface area contributed by atoms with Crippen LogP contribution in [0.2, 0.25) is 5.02 Å². The van der Waals surface area contributed by atoms with Gasteiger partial charge in [-0.2, -0.15) is 0 Å². The number of rotatable bonds is 4. The summed E-state index contributed by atoms with van der Waals surface area (Å²) < 4.78 is 0. The van der Waals surface area contributed by atoms with Crippen LogP contribution in [-0.2, 0) is 17.6 Å². The fourth-order valence-corrected chi connectivity index (χ4v) is 2.95. The zero-order chi connectivity index (χ0) is 14.8. The summed E-state index contributed by atoms with van der Waals surface area (Å²) in [4.78, 5) is 11.4. The Kier molecular flexibility index (Phi) is 3.95. The first-order chi connectivity index (χ1) is 10.2. The van der Waals surface area contributed by atoms with Gasteiger partial charge in [0.15, 0.2) is 0 Å². The van der Waals surface area contributed by atoms with Crippen molar-refractivity contribution >= 4 is 23.2 Å². The van der Waals surface area contributed by atoms with Crippen molar-refractivity contribution in [2.24, 2.45) is 0 Å². The number of hydrogen-bond acceptors (Lipinski definition) is 2. The van der Waals surface area contributed by atoms with E-state index in [1.807, 2.05) is 37.4 Å². The minimum absolute atomic E-state index is 0.0641. The lowest BCUT2D eigenvalue weighted by Gasteiger charge is -2.18. The van der Waals surface area contributed by atoms with Gasteiger partial charge in [0.05, 0.1) is 6.42 Å². The predicted octanol–water partition coefficient (Wildman–Crippen LogP) is 3.34. The molecule has 0 saturated heterocycles. The normalized spacial score (nSPS) is 14.7. The SMILES string of the molecule is CNC(Cc1ccccc1Cl)c1ccc2c(c1)CC(=O)N2. The molecule has 0 bridgehead atoms. The number of anilines is 1. The molecule has 3 rings (SSSR count). The molecule has 0 aromatic heterocycles. The van der Waals surface area contributed by atoms with E-state index in [0.29, 0.717) is 6.42 Å². The number of hydrogen-bond donors (Lipinski definition) is 2. The second kappa shape index (κ2) is 5.88. The van der Waals surface area contributed by atoms with Gasteiger partial charge in [0.1, 0.15) is 0 Å². The lowest BCUT2D eigenvalue weighted by molar-refractivity contribution is -0.115. The number of carbonyl (C=O) groups is 1. The molecule has 3 nitrogen and oxygen atoms in total. The summed E-state index contributed by atoms with van der Waals surface area (Å²) in [5, 5.41) is 6.98. The highest BCUT2D eigenvalue weighted by Gasteiger charge is 2.20. The Morgan fingerprint density at radius 1 is 1.29 bits per heavy atom.